The SMILES string of the molecule is O=C(O)CCc1cc(-c2cccc(OC(F)(F)F)c2)cc2[nH]c(=O)c(C(=O)c3ccccc3)nc12. The van der Waals surface area contributed by atoms with Crippen LogP contribution in [0.1, 0.15) is 28.0 Å². The Morgan fingerprint density at radius 2 is 1.71 bits per heavy atom. The highest BCUT2D eigenvalue weighted by Gasteiger charge is 2.31. The molecule has 4 aromatic rings. The summed E-state index contributed by atoms with van der Waals surface area (Å²) in [5.41, 5.74) is 0.739. The van der Waals surface area contributed by atoms with Gasteiger partial charge in [0.05, 0.1) is 11.0 Å². The third kappa shape index (κ3) is 5.55. The molecule has 1 aromatic heterocycles. The van der Waals surface area contributed by atoms with Gasteiger partial charge in [-0.05, 0) is 47.4 Å². The first-order valence-corrected chi connectivity index (χ1v) is 10.4. The third-order valence-corrected chi connectivity index (χ3v) is 5.14. The number of aryl methyl sites for hydroxylation is 1. The van der Waals surface area contributed by atoms with Crippen molar-refractivity contribution in [1.82, 2.24) is 9.97 Å². The maximum atomic E-state index is 12.8. The van der Waals surface area contributed by atoms with Crippen molar-refractivity contribution in [3.63, 3.8) is 0 Å². The summed E-state index contributed by atoms with van der Waals surface area (Å²) in [6.07, 6.45) is -5.12. The largest absolute Gasteiger partial charge is 0.573 e. The summed E-state index contributed by atoms with van der Waals surface area (Å²) in [6, 6.07) is 16.4. The van der Waals surface area contributed by atoms with Gasteiger partial charge < -0.3 is 14.8 Å². The smallest absolute Gasteiger partial charge is 0.481 e. The molecule has 35 heavy (non-hydrogen) atoms. The number of nitrogens with zero attached hydrogens (tertiary/aromatic N) is 1. The number of benzene rings is 3. The number of carboxylic acids is 1. The molecule has 0 bridgehead atoms. The highest BCUT2D eigenvalue weighted by atomic mass is 19.4. The number of aliphatic carboxylic acids is 1. The number of hydrogen-bond donors (Lipinski definition) is 2. The fourth-order valence-corrected chi connectivity index (χ4v) is 3.62. The second-order valence-corrected chi connectivity index (χ2v) is 7.61. The van der Waals surface area contributed by atoms with Crippen molar-refractivity contribution in [2.75, 3.05) is 0 Å². The number of ether oxygens (including phenoxy) is 1. The van der Waals surface area contributed by atoms with Crippen LogP contribution in [0.25, 0.3) is 22.2 Å². The van der Waals surface area contributed by atoms with E-state index < -0.39 is 29.4 Å². The van der Waals surface area contributed by atoms with Crippen LogP contribution in [-0.2, 0) is 11.2 Å². The molecule has 0 aliphatic heterocycles. The van der Waals surface area contributed by atoms with Crippen LogP contribution in [-0.4, -0.2) is 33.2 Å². The molecule has 0 atom stereocenters. The number of carboxylic acid groups (broad SMARTS) is 1. The van der Waals surface area contributed by atoms with E-state index in [0.717, 1.165) is 6.07 Å². The maximum absolute atomic E-state index is 12.8. The minimum Gasteiger partial charge on any atom is -0.481 e. The molecule has 0 fully saturated rings. The van der Waals surface area contributed by atoms with Gasteiger partial charge in [0.15, 0.2) is 5.69 Å². The first kappa shape index (κ1) is 23.7. The molecular formula is C25H17F3N2O5. The lowest BCUT2D eigenvalue weighted by Gasteiger charge is -2.13. The zero-order valence-electron chi connectivity index (χ0n) is 17.9. The Bertz CT molecular complexity index is 1480. The fraction of sp³-hybridized carbons (Fsp3) is 0.120. The van der Waals surface area contributed by atoms with E-state index >= 15 is 0 Å². The van der Waals surface area contributed by atoms with Gasteiger partial charge in [-0.2, -0.15) is 0 Å². The number of fused-ring (bicyclic) bond motifs is 1. The number of halogens is 3. The van der Waals surface area contributed by atoms with Gasteiger partial charge >= 0.3 is 12.3 Å². The lowest BCUT2D eigenvalue weighted by atomic mass is 9.98. The average Bonchev–Trinajstić information content (AvgIpc) is 2.81. The second-order valence-electron chi connectivity index (χ2n) is 7.61. The van der Waals surface area contributed by atoms with Crippen LogP contribution < -0.4 is 10.3 Å². The predicted molar refractivity (Wildman–Crippen MR) is 120 cm³/mol. The van der Waals surface area contributed by atoms with Crippen molar-refractivity contribution < 1.29 is 32.6 Å². The summed E-state index contributed by atoms with van der Waals surface area (Å²) in [5.74, 6) is -2.11. The molecule has 0 amide bonds. The molecule has 2 N–H and O–H groups in total. The standard InChI is InChI=1S/C25H17F3N2O5/c26-25(27,28)35-18-8-4-7-15(12-18)17-11-16(9-10-20(31)32)21-19(13-17)29-24(34)22(30-21)23(33)14-5-2-1-3-6-14/h1-8,11-13H,9-10H2,(H,29,34)(H,31,32). The first-order chi connectivity index (χ1) is 16.6. The van der Waals surface area contributed by atoms with Crippen molar-refractivity contribution in [2.45, 2.75) is 19.2 Å². The molecule has 7 nitrogen and oxygen atoms in total. The maximum Gasteiger partial charge on any atom is 0.573 e. The summed E-state index contributed by atoms with van der Waals surface area (Å²) in [5, 5.41) is 9.16. The Balaban J connectivity index is 1.85. The van der Waals surface area contributed by atoms with Gasteiger partial charge in [0.25, 0.3) is 5.56 Å². The van der Waals surface area contributed by atoms with Crippen LogP contribution in [0.2, 0.25) is 0 Å². The Kier molecular flexibility index (Phi) is 6.37. The minimum absolute atomic E-state index is 0.0103. The zero-order chi connectivity index (χ0) is 25.2. The van der Waals surface area contributed by atoms with E-state index in [4.69, 9.17) is 5.11 Å². The van der Waals surface area contributed by atoms with Crippen molar-refractivity contribution in [1.29, 1.82) is 0 Å². The van der Waals surface area contributed by atoms with Gasteiger partial charge in [0.2, 0.25) is 5.78 Å². The predicted octanol–water partition coefficient (Wildman–Crippen LogP) is 4.74. The van der Waals surface area contributed by atoms with Crippen LogP contribution in [0.3, 0.4) is 0 Å². The summed E-state index contributed by atoms with van der Waals surface area (Å²) in [4.78, 5) is 43.6. The molecule has 3 aromatic carbocycles. The number of carbonyl (C=O) groups excluding carboxylic acids is 1. The van der Waals surface area contributed by atoms with E-state index in [1.165, 1.54) is 30.3 Å². The van der Waals surface area contributed by atoms with Gasteiger partial charge in [0.1, 0.15) is 5.75 Å². The molecule has 0 saturated carbocycles. The Labute approximate surface area is 195 Å². The number of nitrogens with one attached hydrogen (secondary N) is 1. The monoisotopic (exact) mass is 482 g/mol. The van der Waals surface area contributed by atoms with E-state index in [2.05, 4.69) is 14.7 Å². The Morgan fingerprint density at radius 1 is 0.971 bits per heavy atom. The lowest BCUT2D eigenvalue weighted by molar-refractivity contribution is -0.274. The molecule has 4 rings (SSSR count). The first-order valence-electron chi connectivity index (χ1n) is 10.4. The van der Waals surface area contributed by atoms with E-state index in [-0.39, 0.29) is 35.1 Å². The van der Waals surface area contributed by atoms with E-state index in [1.807, 2.05) is 0 Å². The van der Waals surface area contributed by atoms with Gasteiger partial charge in [0, 0.05) is 12.0 Å². The molecule has 0 saturated heterocycles. The van der Waals surface area contributed by atoms with Crippen molar-refractivity contribution in [3.8, 4) is 16.9 Å². The molecule has 0 aliphatic rings. The number of carbonyl (C=O) groups is 2. The Hall–Kier alpha value is -4.47. The zero-order valence-corrected chi connectivity index (χ0v) is 17.9. The van der Waals surface area contributed by atoms with Crippen LogP contribution in [0.5, 0.6) is 5.75 Å². The molecule has 10 heteroatoms. The molecule has 0 unspecified atom stereocenters. The number of ketones is 1. The van der Waals surface area contributed by atoms with Gasteiger partial charge in [-0.15, -0.1) is 13.2 Å². The molecule has 0 radical (unpaired) electrons. The number of H-pyrrole nitrogens is 1. The second kappa shape index (κ2) is 9.41. The summed E-state index contributed by atoms with van der Waals surface area (Å²) < 4.78 is 41.9. The van der Waals surface area contributed by atoms with Crippen LogP contribution in [0.15, 0.2) is 71.5 Å². The summed E-state index contributed by atoms with van der Waals surface area (Å²) in [7, 11) is 0. The lowest BCUT2D eigenvalue weighted by Crippen LogP contribution is -2.21. The molecular weight excluding hydrogens is 465 g/mol. The normalized spacial score (nSPS) is 11.4. The third-order valence-electron chi connectivity index (χ3n) is 5.14. The van der Waals surface area contributed by atoms with Crippen LogP contribution >= 0.6 is 0 Å². The Morgan fingerprint density at radius 3 is 2.40 bits per heavy atom. The molecule has 178 valence electrons. The topological polar surface area (TPSA) is 109 Å². The van der Waals surface area contributed by atoms with Crippen molar-refractivity contribution in [2.24, 2.45) is 0 Å². The molecule has 0 aliphatic carbocycles. The van der Waals surface area contributed by atoms with E-state index in [1.54, 1.807) is 30.3 Å². The van der Waals surface area contributed by atoms with E-state index in [9.17, 15) is 27.6 Å². The number of hydrogen-bond acceptors (Lipinski definition) is 5. The summed E-state index contributed by atoms with van der Waals surface area (Å²) in [6.45, 7) is 0. The fourth-order valence-electron chi connectivity index (χ4n) is 3.62. The summed E-state index contributed by atoms with van der Waals surface area (Å²) >= 11 is 0. The quantitative estimate of drug-likeness (QED) is 0.369. The number of rotatable bonds is 7. The van der Waals surface area contributed by atoms with Gasteiger partial charge in [-0.1, -0.05) is 42.5 Å². The number of aromatic amines is 1. The molecule has 1 heterocycles. The van der Waals surface area contributed by atoms with Crippen molar-refractivity contribution >= 4 is 22.8 Å². The van der Waals surface area contributed by atoms with Gasteiger partial charge in [-0.25, -0.2) is 4.98 Å². The minimum atomic E-state index is -4.87. The van der Waals surface area contributed by atoms with Gasteiger partial charge in [-0.3, -0.25) is 14.4 Å². The highest BCUT2D eigenvalue weighted by Crippen LogP contribution is 2.31. The molecule has 0 spiro atoms. The van der Waals surface area contributed by atoms with Crippen LogP contribution in [0, 0.1) is 0 Å². The number of aromatic nitrogens is 2. The van der Waals surface area contributed by atoms with Crippen molar-refractivity contribution in [3.05, 3.63) is 93.9 Å². The average molecular weight is 482 g/mol. The van der Waals surface area contributed by atoms with Crippen LogP contribution in [0.4, 0.5) is 13.2 Å². The van der Waals surface area contributed by atoms with E-state index in [0.29, 0.717) is 16.7 Å². The highest BCUT2D eigenvalue weighted by molar-refractivity contribution is 6.08. The number of alkyl halides is 3.